The van der Waals surface area contributed by atoms with Crippen molar-refractivity contribution in [2.24, 2.45) is 5.73 Å². The minimum Gasteiger partial charge on any atom is -0.330 e. The van der Waals surface area contributed by atoms with Gasteiger partial charge in [-0.05, 0) is 36.6 Å². The van der Waals surface area contributed by atoms with E-state index in [1.807, 2.05) is 0 Å². The zero-order valence-electron chi connectivity index (χ0n) is 12.5. The maximum Gasteiger partial charge on any atom is 0.0977 e. The van der Waals surface area contributed by atoms with E-state index in [9.17, 15) is 0 Å². The van der Waals surface area contributed by atoms with Crippen molar-refractivity contribution in [1.82, 2.24) is 4.98 Å². The number of nitrogens with two attached hydrogens (primary N) is 1. The molecule has 0 aliphatic rings. The number of aromatic nitrogens is 1. The summed E-state index contributed by atoms with van der Waals surface area (Å²) in [4.78, 5) is 5.99. The number of aryl methyl sites for hydroxylation is 2. The lowest BCUT2D eigenvalue weighted by Gasteiger charge is -2.14. The molecule has 1 aromatic heterocycles. The van der Waals surface area contributed by atoms with Gasteiger partial charge in [0.15, 0.2) is 0 Å². The molecule has 3 rings (SSSR count). The van der Waals surface area contributed by atoms with Gasteiger partial charge in [-0.25, -0.2) is 4.98 Å². The first-order chi connectivity index (χ1) is 10.2. The Morgan fingerprint density at radius 1 is 1.10 bits per heavy atom. The monoisotopic (exact) mass is 296 g/mol. The van der Waals surface area contributed by atoms with Crippen molar-refractivity contribution in [3.8, 4) is 0 Å². The third-order valence-electron chi connectivity index (χ3n) is 4.03. The zero-order chi connectivity index (χ0) is 14.8. The SMILES string of the molecule is Cc1nc(C(CN)Cc2cccc3ccccc23)sc1C. The average Bonchev–Trinajstić information content (AvgIpc) is 2.84. The van der Waals surface area contributed by atoms with Gasteiger partial charge in [0.1, 0.15) is 0 Å². The van der Waals surface area contributed by atoms with Gasteiger partial charge in [-0.15, -0.1) is 11.3 Å². The topological polar surface area (TPSA) is 38.9 Å². The number of hydrogen-bond donors (Lipinski definition) is 1. The van der Waals surface area contributed by atoms with Crippen molar-refractivity contribution in [1.29, 1.82) is 0 Å². The molecule has 3 aromatic rings. The molecule has 0 radical (unpaired) electrons. The minimum atomic E-state index is 0.299. The second-order valence-corrected chi connectivity index (χ2v) is 6.70. The van der Waals surface area contributed by atoms with Crippen LogP contribution in [0.1, 0.15) is 27.1 Å². The van der Waals surface area contributed by atoms with Gasteiger partial charge < -0.3 is 5.73 Å². The number of thiazole rings is 1. The molecule has 2 N–H and O–H groups in total. The number of rotatable bonds is 4. The molecule has 1 unspecified atom stereocenters. The molecule has 0 aliphatic carbocycles. The van der Waals surface area contributed by atoms with E-state index in [0.29, 0.717) is 12.5 Å². The highest BCUT2D eigenvalue weighted by Gasteiger charge is 2.17. The average molecular weight is 296 g/mol. The van der Waals surface area contributed by atoms with Crippen molar-refractivity contribution in [3.05, 3.63) is 63.6 Å². The summed E-state index contributed by atoms with van der Waals surface area (Å²) < 4.78 is 0. The van der Waals surface area contributed by atoms with Crippen LogP contribution in [0.3, 0.4) is 0 Å². The van der Waals surface area contributed by atoms with Crippen LogP contribution in [-0.4, -0.2) is 11.5 Å². The maximum atomic E-state index is 6.02. The molecule has 0 spiro atoms. The zero-order valence-corrected chi connectivity index (χ0v) is 13.3. The lowest BCUT2D eigenvalue weighted by Crippen LogP contribution is -2.15. The molecule has 0 amide bonds. The van der Waals surface area contributed by atoms with Crippen molar-refractivity contribution < 1.29 is 0 Å². The third-order valence-corrected chi connectivity index (χ3v) is 5.26. The van der Waals surface area contributed by atoms with E-state index in [1.54, 1.807) is 11.3 Å². The Hall–Kier alpha value is -1.71. The smallest absolute Gasteiger partial charge is 0.0977 e. The van der Waals surface area contributed by atoms with Gasteiger partial charge in [0.25, 0.3) is 0 Å². The van der Waals surface area contributed by atoms with E-state index in [2.05, 4.69) is 56.3 Å². The van der Waals surface area contributed by atoms with Gasteiger partial charge in [0.2, 0.25) is 0 Å². The molecule has 1 heterocycles. The summed E-state index contributed by atoms with van der Waals surface area (Å²) in [6, 6.07) is 15.0. The van der Waals surface area contributed by atoms with Gasteiger partial charge in [0, 0.05) is 17.3 Å². The summed E-state index contributed by atoms with van der Waals surface area (Å²) in [6.07, 6.45) is 0.949. The van der Waals surface area contributed by atoms with Gasteiger partial charge in [0.05, 0.1) is 10.7 Å². The summed E-state index contributed by atoms with van der Waals surface area (Å²) in [5.74, 6) is 0.299. The van der Waals surface area contributed by atoms with Crippen LogP contribution in [-0.2, 0) is 6.42 Å². The molecular formula is C18H20N2S. The van der Waals surface area contributed by atoms with E-state index in [-0.39, 0.29) is 0 Å². The summed E-state index contributed by atoms with van der Waals surface area (Å²) in [5, 5.41) is 3.78. The van der Waals surface area contributed by atoms with Crippen molar-refractivity contribution in [2.75, 3.05) is 6.54 Å². The van der Waals surface area contributed by atoms with E-state index >= 15 is 0 Å². The molecule has 2 aromatic carbocycles. The first kappa shape index (κ1) is 14.2. The highest BCUT2D eigenvalue weighted by atomic mass is 32.1. The molecule has 3 heteroatoms. The Kier molecular flexibility index (Phi) is 4.04. The molecule has 0 saturated heterocycles. The van der Waals surface area contributed by atoms with E-state index in [0.717, 1.165) is 12.1 Å². The van der Waals surface area contributed by atoms with Crippen LogP contribution in [0.15, 0.2) is 42.5 Å². The van der Waals surface area contributed by atoms with Crippen molar-refractivity contribution >= 4 is 22.1 Å². The molecule has 0 bridgehead atoms. The largest absolute Gasteiger partial charge is 0.330 e. The minimum absolute atomic E-state index is 0.299. The summed E-state index contributed by atoms with van der Waals surface area (Å²) in [5.41, 5.74) is 8.51. The molecule has 108 valence electrons. The van der Waals surface area contributed by atoms with E-state index in [4.69, 9.17) is 10.7 Å². The Morgan fingerprint density at radius 3 is 2.57 bits per heavy atom. The first-order valence-corrected chi connectivity index (χ1v) is 8.11. The predicted octanol–water partition coefficient (Wildman–Crippen LogP) is 4.20. The second kappa shape index (κ2) is 5.96. The van der Waals surface area contributed by atoms with Crippen LogP contribution < -0.4 is 5.73 Å². The Morgan fingerprint density at radius 2 is 1.86 bits per heavy atom. The Labute approximate surface area is 129 Å². The first-order valence-electron chi connectivity index (χ1n) is 7.29. The van der Waals surface area contributed by atoms with Crippen LogP contribution in [0, 0.1) is 13.8 Å². The Bertz CT molecular complexity index is 736. The summed E-state index contributed by atoms with van der Waals surface area (Å²) in [6.45, 7) is 4.83. The van der Waals surface area contributed by atoms with Crippen LogP contribution in [0.5, 0.6) is 0 Å². The summed E-state index contributed by atoms with van der Waals surface area (Å²) in [7, 11) is 0. The van der Waals surface area contributed by atoms with E-state index < -0.39 is 0 Å². The maximum absolute atomic E-state index is 6.02. The molecular weight excluding hydrogens is 276 g/mol. The fourth-order valence-electron chi connectivity index (χ4n) is 2.68. The highest BCUT2D eigenvalue weighted by Crippen LogP contribution is 2.29. The van der Waals surface area contributed by atoms with Crippen LogP contribution >= 0.6 is 11.3 Å². The lowest BCUT2D eigenvalue weighted by molar-refractivity contribution is 0.690. The van der Waals surface area contributed by atoms with Crippen LogP contribution in [0.4, 0.5) is 0 Å². The lowest BCUT2D eigenvalue weighted by atomic mass is 9.95. The highest BCUT2D eigenvalue weighted by molar-refractivity contribution is 7.11. The van der Waals surface area contributed by atoms with Gasteiger partial charge in [-0.3, -0.25) is 0 Å². The second-order valence-electron chi connectivity index (χ2n) is 5.47. The number of hydrogen-bond acceptors (Lipinski definition) is 3. The molecule has 2 nitrogen and oxygen atoms in total. The normalized spacial score (nSPS) is 12.7. The Balaban J connectivity index is 1.96. The van der Waals surface area contributed by atoms with Crippen LogP contribution in [0.25, 0.3) is 10.8 Å². The molecule has 0 fully saturated rings. The number of fused-ring (bicyclic) bond motifs is 1. The molecule has 0 aliphatic heterocycles. The van der Waals surface area contributed by atoms with Gasteiger partial charge >= 0.3 is 0 Å². The van der Waals surface area contributed by atoms with E-state index in [1.165, 1.54) is 26.2 Å². The van der Waals surface area contributed by atoms with Gasteiger partial charge in [-0.1, -0.05) is 42.5 Å². The molecule has 1 atom stereocenters. The predicted molar refractivity (Wildman–Crippen MR) is 91.0 cm³/mol. The van der Waals surface area contributed by atoms with Crippen molar-refractivity contribution in [3.63, 3.8) is 0 Å². The third kappa shape index (κ3) is 2.85. The van der Waals surface area contributed by atoms with Crippen molar-refractivity contribution in [2.45, 2.75) is 26.2 Å². The molecule has 21 heavy (non-hydrogen) atoms. The standard InChI is InChI=1S/C18H20N2S/c1-12-13(2)21-18(20-12)16(11-19)10-15-8-5-7-14-6-3-4-9-17(14)15/h3-9,16H,10-11,19H2,1-2H3. The molecule has 0 saturated carbocycles. The van der Waals surface area contributed by atoms with Gasteiger partial charge in [-0.2, -0.15) is 0 Å². The number of benzene rings is 2. The van der Waals surface area contributed by atoms with Crippen LogP contribution in [0.2, 0.25) is 0 Å². The fourth-order valence-corrected chi connectivity index (χ4v) is 3.72. The summed E-state index contributed by atoms with van der Waals surface area (Å²) >= 11 is 1.78. The quantitative estimate of drug-likeness (QED) is 0.783. The number of nitrogens with zero attached hydrogens (tertiary/aromatic N) is 1. The fraction of sp³-hybridized carbons (Fsp3) is 0.278.